The maximum absolute atomic E-state index is 12.5. The van der Waals surface area contributed by atoms with Crippen LogP contribution in [0.4, 0.5) is 11.4 Å². The van der Waals surface area contributed by atoms with E-state index in [1.54, 1.807) is 29.8 Å². The number of para-hydroxylation sites is 1. The predicted octanol–water partition coefficient (Wildman–Crippen LogP) is 4.20. The molecule has 1 aromatic carbocycles. The molecular formula is C25H27N5O. The number of hydrogen-bond donors (Lipinski definition) is 1. The highest BCUT2D eigenvalue weighted by molar-refractivity contribution is 5.88. The molecule has 0 amide bonds. The SMILES string of the molecule is Cn1c(=O)cc(NC2CCC(N(c3ccccc3)C3CC3)CC2)c2nc(C#N)ccc21. The van der Waals surface area contributed by atoms with Crippen molar-refractivity contribution in [3.05, 3.63) is 64.6 Å². The number of rotatable bonds is 5. The van der Waals surface area contributed by atoms with E-state index in [9.17, 15) is 10.1 Å². The largest absolute Gasteiger partial charge is 0.380 e. The van der Waals surface area contributed by atoms with Crippen LogP contribution < -0.4 is 15.8 Å². The number of hydrogen-bond acceptors (Lipinski definition) is 5. The molecule has 2 aliphatic carbocycles. The van der Waals surface area contributed by atoms with Crippen LogP contribution >= 0.6 is 0 Å². The Hall–Kier alpha value is -3.33. The predicted molar refractivity (Wildman–Crippen MR) is 123 cm³/mol. The number of nitriles is 1. The minimum Gasteiger partial charge on any atom is -0.380 e. The zero-order chi connectivity index (χ0) is 21.4. The van der Waals surface area contributed by atoms with Gasteiger partial charge in [0.05, 0.1) is 11.2 Å². The lowest BCUT2D eigenvalue weighted by atomic mass is 9.89. The van der Waals surface area contributed by atoms with Gasteiger partial charge in [-0.25, -0.2) is 4.98 Å². The van der Waals surface area contributed by atoms with Crippen molar-refractivity contribution in [3.63, 3.8) is 0 Å². The first-order chi connectivity index (χ1) is 15.1. The fourth-order valence-corrected chi connectivity index (χ4v) is 4.89. The number of anilines is 2. The third-order valence-corrected chi connectivity index (χ3v) is 6.65. The van der Waals surface area contributed by atoms with Crippen molar-refractivity contribution in [2.75, 3.05) is 10.2 Å². The highest BCUT2D eigenvalue weighted by atomic mass is 16.1. The van der Waals surface area contributed by atoms with Crippen molar-refractivity contribution >= 4 is 22.4 Å². The van der Waals surface area contributed by atoms with Crippen LogP contribution in [0.1, 0.15) is 44.2 Å². The summed E-state index contributed by atoms with van der Waals surface area (Å²) in [6.45, 7) is 0. The van der Waals surface area contributed by atoms with Gasteiger partial charge in [0.25, 0.3) is 5.56 Å². The number of benzene rings is 1. The van der Waals surface area contributed by atoms with Gasteiger partial charge in [0.1, 0.15) is 17.3 Å². The monoisotopic (exact) mass is 413 g/mol. The topological polar surface area (TPSA) is 74.0 Å². The second kappa shape index (κ2) is 8.07. The van der Waals surface area contributed by atoms with E-state index in [1.807, 2.05) is 0 Å². The summed E-state index contributed by atoms with van der Waals surface area (Å²) < 4.78 is 1.58. The first-order valence-electron chi connectivity index (χ1n) is 11.1. The third kappa shape index (κ3) is 3.88. The van der Waals surface area contributed by atoms with Crippen LogP contribution in [-0.4, -0.2) is 27.7 Å². The van der Waals surface area contributed by atoms with E-state index >= 15 is 0 Å². The van der Waals surface area contributed by atoms with E-state index in [2.05, 4.69) is 51.6 Å². The van der Waals surface area contributed by atoms with Gasteiger partial charge in [0, 0.05) is 36.9 Å². The summed E-state index contributed by atoms with van der Waals surface area (Å²) in [4.78, 5) is 19.6. The molecule has 2 fully saturated rings. The van der Waals surface area contributed by atoms with Crippen LogP contribution in [-0.2, 0) is 7.05 Å². The Bertz CT molecular complexity index is 1180. The number of nitrogens with one attached hydrogen (secondary N) is 1. The minimum absolute atomic E-state index is 0.0702. The van der Waals surface area contributed by atoms with Gasteiger partial charge in [-0.1, -0.05) is 18.2 Å². The molecule has 0 atom stereocenters. The molecule has 2 aliphatic rings. The normalized spacial score (nSPS) is 20.9. The van der Waals surface area contributed by atoms with Crippen molar-refractivity contribution in [1.82, 2.24) is 9.55 Å². The Balaban J connectivity index is 1.34. The van der Waals surface area contributed by atoms with Crippen LogP contribution in [0.3, 0.4) is 0 Å². The summed E-state index contributed by atoms with van der Waals surface area (Å²) in [7, 11) is 1.74. The molecule has 2 saturated carbocycles. The summed E-state index contributed by atoms with van der Waals surface area (Å²) >= 11 is 0. The molecule has 5 rings (SSSR count). The number of pyridine rings is 2. The van der Waals surface area contributed by atoms with Gasteiger partial charge in [0.2, 0.25) is 0 Å². The zero-order valence-corrected chi connectivity index (χ0v) is 17.8. The van der Waals surface area contributed by atoms with Gasteiger partial charge in [-0.2, -0.15) is 5.26 Å². The average Bonchev–Trinajstić information content (AvgIpc) is 3.64. The maximum atomic E-state index is 12.5. The van der Waals surface area contributed by atoms with Gasteiger partial charge in [-0.3, -0.25) is 4.79 Å². The van der Waals surface area contributed by atoms with Gasteiger partial charge in [-0.05, 0) is 62.8 Å². The van der Waals surface area contributed by atoms with E-state index in [1.165, 1.54) is 18.5 Å². The summed E-state index contributed by atoms with van der Waals surface area (Å²) in [5.74, 6) is 0. The lowest BCUT2D eigenvalue weighted by Crippen LogP contribution is -2.42. The van der Waals surface area contributed by atoms with Crippen LogP contribution in [0.15, 0.2) is 53.3 Å². The smallest absolute Gasteiger partial charge is 0.252 e. The first kappa shape index (κ1) is 19.6. The molecule has 1 N–H and O–H groups in total. The zero-order valence-electron chi connectivity index (χ0n) is 17.8. The lowest BCUT2D eigenvalue weighted by Gasteiger charge is -2.39. The van der Waals surface area contributed by atoms with Gasteiger partial charge >= 0.3 is 0 Å². The van der Waals surface area contributed by atoms with Crippen molar-refractivity contribution < 1.29 is 0 Å². The second-order valence-electron chi connectivity index (χ2n) is 8.76. The van der Waals surface area contributed by atoms with E-state index in [-0.39, 0.29) is 5.56 Å². The Morgan fingerprint density at radius 1 is 1.03 bits per heavy atom. The van der Waals surface area contributed by atoms with Gasteiger partial charge in [-0.15, -0.1) is 0 Å². The molecule has 0 bridgehead atoms. The molecule has 0 saturated heterocycles. The molecule has 6 nitrogen and oxygen atoms in total. The Labute approximate surface area is 182 Å². The Morgan fingerprint density at radius 3 is 2.35 bits per heavy atom. The van der Waals surface area contributed by atoms with E-state index in [0.29, 0.717) is 29.3 Å². The van der Waals surface area contributed by atoms with Gasteiger partial charge in [0.15, 0.2) is 0 Å². The van der Waals surface area contributed by atoms with Crippen LogP contribution in [0.2, 0.25) is 0 Å². The summed E-state index contributed by atoms with van der Waals surface area (Å²) in [5.41, 5.74) is 3.80. The number of aryl methyl sites for hydroxylation is 1. The van der Waals surface area contributed by atoms with Crippen LogP contribution in [0.25, 0.3) is 11.0 Å². The Morgan fingerprint density at radius 2 is 1.71 bits per heavy atom. The van der Waals surface area contributed by atoms with E-state index < -0.39 is 0 Å². The second-order valence-corrected chi connectivity index (χ2v) is 8.76. The number of fused-ring (bicyclic) bond motifs is 1. The van der Waals surface area contributed by atoms with E-state index in [0.717, 1.165) is 36.9 Å². The molecule has 0 aliphatic heterocycles. The van der Waals surface area contributed by atoms with Crippen LogP contribution in [0, 0.1) is 11.3 Å². The molecule has 6 heteroatoms. The molecule has 2 heterocycles. The molecule has 3 aromatic rings. The molecule has 0 radical (unpaired) electrons. The highest BCUT2D eigenvalue weighted by Crippen LogP contribution is 2.38. The summed E-state index contributed by atoms with van der Waals surface area (Å²) in [6.07, 6.45) is 6.94. The summed E-state index contributed by atoms with van der Waals surface area (Å²) in [6, 6.07) is 19.5. The highest BCUT2D eigenvalue weighted by Gasteiger charge is 2.36. The van der Waals surface area contributed by atoms with Crippen molar-refractivity contribution in [2.45, 2.75) is 56.7 Å². The molecular weight excluding hydrogens is 386 g/mol. The molecule has 158 valence electrons. The lowest BCUT2D eigenvalue weighted by molar-refractivity contribution is 0.388. The third-order valence-electron chi connectivity index (χ3n) is 6.65. The Kier molecular flexibility index (Phi) is 5.11. The van der Waals surface area contributed by atoms with Crippen LogP contribution in [0.5, 0.6) is 0 Å². The first-order valence-corrected chi connectivity index (χ1v) is 11.1. The number of aromatic nitrogens is 2. The maximum Gasteiger partial charge on any atom is 0.252 e. The van der Waals surface area contributed by atoms with Crippen molar-refractivity contribution in [1.29, 1.82) is 5.26 Å². The fraction of sp³-hybridized carbons (Fsp3) is 0.400. The summed E-state index contributed by atoms with van der Waals surface area (Å²) in [5, 5.41) is 12.8. The standard InChI is InChI=1S/C25H27N5O/c1-29-23-14-9-18(16-26)28-25(23)22(15-24(29)31)27-17-7-10-20(11-8-17)30(21-12-13-21)19-5-3-2-4-6-19/h2-6,9,14-15,17,20-21,27H,7-8,10-13H2,1H3. The van der Waals surface area contributed by atoms with Crippen molar-refractivity contribution in [3.8, 4) is 6.07 Å². The minimum atomic E-state index is -0.0702. The molecule has 2 aromatic heterocycles. The van der Waals surface area contributed by atoms with Gasteiger partial charge < -0.3 is 14.8 Å². The fourth-order valence-electron chi connectivity index (χ4n) is 4.89. The van der Waals surface area contributed by atoms with Crippen molar-refractivity contribution in [2.24, 2.45) is 7.05 Å². The molecule has 31 heavy (non-hydrogen) atoms. The average molecular weight is 414 g/mol. The van der Waals surface area contributed by atoms with E-state index in [4.69, 9.17) is 0 Å². The molecule has 0 unspecified atom stereocenters. The number of nitrogens with zero attached hydrogens (tertiary/aromatic N) is 4. The quantitative estimate of drug-likeness (QED) is 0.679. The molecule has 0 spiro atoms.